The number of ketones is 2. The van der Waals surface area contributed by atoms with Crippen LogP contribution < -0.4 is 0 Å². The maximum Gasteiger partial charge on any atom is 0.306 e. The highest BCUT2D eigenvalue weighted by Crippen LogP contribution is 2.65. The van der Waals surface area contributed by atoms with E-state index < -0.39 is 5.60 Å². The molecule has 0 aliphatic heterocycles. The summed E-state index contributed by atoms with van der Waals surface area (Å²) in [5, 5.41) is 0. The molecule has 3 unspecified atom stereocenters. The number of Topliss-reactive ketones (excluding diaryl/α,β-unsaturated/α-hetero) is 1. The van der Waals surface area contributed by atoms with E-state index in [1.165, 1.54) is 11.1 Å². The average molecular weight is 427 g/mol. The third-order valence-corrected chi connectivity index (χ3v) is 9.58. The lowest BCUT2D eigenvalue weighted by Crippen LogP contribution is -2.64. The number of hydrogen-bond acceptors (Lipinski definition) is 4. The van der Waals surface area contributed by atoms with Crippen LogP contribution in [0.4, 0.5) is 0 Å². The lowest BCUT2D eigenvalue weighted by Gasteiger charge is -2.62. The maximum atomic E-state index is 13.2. The van der Waals surface area contributed by atoms with Crippen molar-refractivity contribution in [3.05, 3.63) is 23.3 Å². The second kappa shape index (κ2) is 7.71. The summed E-state index contributed by atoms with van der Waals surface area (Å²) in [4.78, 5) is 38.0. The second-order valence-corrected chi connectivity index (χ2v) is 11.1. The largest absolute Gasteiger partial charge is 0.451 e. The van der Waals surface area contributed by atoms with Crippen LogP contribution in [0.25, 0.3) is 0 Å². The molecule has 0 heterocycles. The van der Waals surface area contributed by atoms with Crippen molar-refractivity contribution in [3.63, 3.8) is 0 Å². The third-order valence-electron chi connectivity index (χ3n) is 9.58. The summed E-state index contributed by atoms with van der Waals surface area (Å²) < 4.78 is 6.05. The smallest absolute Gasteiger partial charge is 0.306 e. The van der Waals surface area contributed by atoms with Gasteiger partial charge in [-0.1, -0.05) is 38.8 Å². The fourth-order valence-corrected chi connectivity index (χ4v) is 7.48. The van der Waals surface area contributed by atoms with Gasteiger partial charge in [0.15, 0.2) is 17.2 Å². The molecule has 2 fully saturated rings. The molecule has 4 nitrogen and oxygen atoms in total. The van der Waals surface area contributed by atoms with E-state index in [0.29, 0.717) is 37.0 Å². The Morgan fingerprint density at radius 2 is 1.84 bits per heavy atom. The van der Waals surface area contributed by atoms with Crippen LogP contribution in [0, 0.1) is 28.6 Å². The molecular formula is C27H38O4. The van der Waals surface area contributed by atoms with Gasteiger partial charge in [0.1, 0.15) is 0 Å². The molecule has 0 aromatic rings. The number of fused-ring (bicyclic) bond motifs is 5. The first kappa shape index (κ1) is 22.5. The second-order valence-electron chi connectivity index (χ2n) is 11.1. The molecule has 0 bridgehead atoms. The van der Waals surface area contributed by atoms with Gasteiger partial charge in [-0.25, -0.2) is 0 Å². The number of esters is 1. The summed E-state index contributed by atoms with van der Waals surface area (Å²) in [6.07, 6.45) is 11.1. The predicted octanol–water partition coefficient (Wildman–Crippen LogP) is 5.75. The molecule has 0 aromatic carbocycles. The number of unbranched alkanes of at least 4 members (excludes halogenated alkanes) is 1. The van der Waals surface area contributed by atoms with Crippen LogP contribution in [0.2, 0.25) is 0 Å². The molecule has 0 saturated heterocycles. The summed E-state index contributed by atoms with van der Waals surface area (Å²) in [5.41, 5.74) is 1.07. The maximum absolute atomic E-state index is 13.2. The van der Waals surface area contributed by atoms with Gasteiger partial charge in [-0.3, -0.25) is 14.4 Å². The molecule has 4 rings (SSSR count). The van der Waals surface area contributed by atoms with Crippen LogP contribution in [0.3, 0.4) is 0 Å². The quantitative estimate of drug-likeness (QED) is 0.537. The van der Waals surface area contributed by atoms with Crippen molar-refractivity contribution in [2.45, 2.75) is 98.0 Å². The number of rotatable bonds is 4. The van der Waals surface area contributed by atoms with Crippen LogP contribution in [-0.2, 0) is 19.1 Å². The Labute approximate surface area is 186 Å². The summed E-state index contributed by atoms with van der Waals surface area (Å²) in [6, 6.07) is 0. The molecule has 4 aliphatic rings. The minimum Gasteiger partial charge on any atom is -0.451 e. The van der Waals surface area contributed by atoms with Crippen molar-refractivity contribution < 1.29 is 19.1 Å². The Hall–Kier alpha value is -1.71. The molecular weight excluding hydrogens is 388 g/mol. The standard InChI is InChI=1S/C27H38O4/c1-6-7-8-24(30)31-27(5)23(29)10-9-21-19-15-17(2)22-16-18(28)11-13-25(22,3)20(19)12-14-26(21,27)4/h15-16,19-21H,6-14H2,1-5H3/t19?,20?,21?,25-,26+,27-/m1/s1. The van der Waals surface area contributed by atoms with Gasteiger partial charge < -0.3 is 4.74 Å². The molecule has 2 saturated carbocycles. The van der Waals surface area contributed by atoms with Gasteiger partial charge >= 0.3 is 5.97 Å². The number of hydrogen-bond donors (Lipinski definition) is 0. The van der Waals surface area contributed by atoms with Crippen molar-refractivity contribution in [2.75, 3.05) is 0 Å². The Bertz CT molecular complexity index is 866. The van der Waals surface area contributed by atoms with Crippen LogP contribution >= 0.6 is 0 Å². The Morgan fingerprint density at radius 1 is 1.10 bits per heavy atom. The van der Waals surface area contributed by atoms with Crippen LogP contribution in [0.15, 0.2) is 23.3 Å². The highest BCUT2D eigenvalue weighted by Gasteiger charge is 2.65. The topological polar surface area (TPSA) is 60.4 Å². The van der Waals surface area contributed by atoms with Crippen molar-refractivity contribution in [1.82, 2.24) is 0 Å². The molecule has 0 spiro atoms. The first-order chi connectivity index (χ1) is 14.6. The Balaban J connectivity index is 1.71. The highest BCUT2D eigenvalue weighted by molar-refractivity contribution is 5.93. The zero-order valence-corrected chi connectivity index (χ0v) is 19.9. The van der Waals surface area contributed by atoms with Crippen molar-refractivity contribution in [2.24, 2.45) is 28.6 Å². The summed E-state index contributed by atoms with van der Waals surface area (Å²) in [6.45, 7) is 10.6. The fourth-order valence-electron chi connectivity index (χ4n) is 7.48. The highest BCUT2D eigenvalue weighted by atomic mass is 16.6. The van der Waals surface area contributed by atoms with Gasteiger partial charge in [0, 0.05) is 24.7 Å². The lowest BCUT2D eigenvalue weighted by molar-refractivity contribution is -0.204. The summed E-state index contributed by atoms with van der Waals surface area (Å²) in [5.74, 6) is 1.23. The lowest BCUT2D eigenvalue weighted by atomic mass is 9.43. The fraction of sp³-hybridized carbons (Fsp3) is 0.741. The summed E-state index contributed by atoms with van der Waals surface area (Å²) >= 11 is 0. The van der Waals surface area contributed by atoms with E-state index in [1.54, 1.807) is 0 Å². The monoisotopic (exact) mass is 426 g/mol. The van der Waals surface area contributed by atoms with E-state index in [1.807, 2.05) is 13.0 Å². The van der Waals surface area contributed by atoms with E-state index in [0.717, 1.165) is 38.5 Å². The normalized spacial score (nSPS) is 42.0. The third kappa shape index (κ3) is 3.27. The molecule has 0 aromatic heterocycles. The van der Waals surface area contributed by atoms with Crippen molar-refractivity contribution >= 4 is 17.5 Å². The molecule has 0 radical (unpaired) electrons. The minimum atomic E-state index is -1.05. The Kier molecular flexibility index (Phi) is 5.59. The van der Waals surface area contributed by atoms with Crippen LogP contribution in [0.5, 0.6) is 0 Å². The van der Waals surface area contributed by atoms with E-state index >= 15 is 0 Å². The van der Waals surface area contributed by atoms with Gasteiger partial charge in [-0.05, 0) is 80.8 Å². The van der Waals surface area contributed by atoms with Gasteiger partial charge in [0.2, 0.25) is 0 Å². The van der Waals surface area contributed by atoms with Crippen molar-refractivity contribution in [3.8, 4) is 0 Å². The van der Waals surface area contributed by atoms with Gasteiger partial charge in [0.25, 0.3) is 0 Å². The molecule has 31 heavy (non-hydrogen) atoms. The number of allylic oxidation sites excluding steroid dienone is 4. The number of carbonyl (C=O) groups excluding carboxylic acids is 3. The van der Waals surface area contributed by atoms with E-state index in [-0.39, 0.29) is 28.4 Å². The Morgan fingerprint density at radius 3 is 2.55 bits per heavy atom. The van der Waals surface area contributed by atoms with Gasteiger partial charge in [-0.15, -0.1) is 0 Å². The van der Waals surface area contributed by atoms with E-state index in [2.05, 4.69) is 33.8 Å². The average Bonchev–Trinajstić information content (AvgIpc) is 2.71. The molecule has 0 N–H and O–H groups in total. The zero-order chi connectivity index (χ0) is 22.6. The van der Waals surface area contributed by atoms with Gasteiger partial charge in [-0.2, -0.15) is 0 Å². The number of ether oxygens (including phenoxy) is 1. The van der Waals surface area contributed by atoms with Crippen LogP contribution in [-0.4, -0.2) is 23.1 Å². The van der Waals surface area contributed by atoms with Crippen molar-refractivity contribution in [1.29, 1.82) is 0 Å². The molecule has 0 amide bonds. The molecule has 170 valence electrons. The predicted molar refractivity (Wildman–Crippen MR) is 120 cm³/mol. The van der Waals surface area contributed by atoms with E-state index in [9.17, 15) is 14.4 Å². The minimum absolute atomic E-state index is 0.0222. The molecule has 6 atom stereocenters. The van der Waals surface area contributed by atoms with E-state index in [4.69, 9.17) is 4.74 Å². The van der Waals surface area contributed by atoms with Crippen LogP contribution in [0.1, 0.15) is 92.4 Å². The SMILES string of the molecule is CCCCC(=O)O[C@]1(C)C(=O)CCC2C3C=C(C)C4=CC(=O)CC[C@]4(C)C3CC[C@@]21C. The zero-order valence-electron chi connectivity index (χ0n) is 19.9. The first-order valence-electron chi connectivity index (χ1n) is 12.3. The molecule has 4 aliphatic carbocycles. The molecule has 4 heteroatoms. The summed E-state index contributed by atoms with van der Waals surface area (Å²) in [7, 11) is 0. The van der Waals surface area contributed by atoms with Gasteiger partial charge in [0.05, 0.1) is 0 Å². The number of carbonyl (C=O) groups is 3. The first-order valence-corrected chi connectivity index (χ1v) is 12.3.